The summed E-state index contributed by atoms with van der Waals surface area (Å²) in [5.41, 5.74) is 1.10. The van der Waals surface area contributed by atoms with Gasteiger partial charge in [0.2, 0.25) is 0 Å². The Labute approximate surface area is 157 Å². The highest BCUT2D eigenvalue weighted by Crippen LogP contribution is 2.34. The van der Waals surface area contributed by atoms with Crippen molar-refractivity contribution >= 4 is 37.5 Å². The summed E-state index contributed by atoms with van der Waals surface area (Å²) in [7, 11) is 0. The maximum Gasteiger partial charge on any atom is 0.262 e. The normalized spacial score (nSPS) is 14.6. The van der Waals surface area contributed by atoms with Gasteiger partial charge in [-0.05, 0) is 49.1 Å². The number of ether oxygens (including phenoxy) is 1. The van der Waals surface area contributed by atoms with E-state index in [-0.39, 0.29) is 18.7 Å². The van der Waals surface area contributed by atoms with Crippen molar-refractivity contribution in [1.29, 1.82) is 0 Å². The number of thiophene rings is 1. The summed E-state index contributed by atoms with van der Waals surface area (Å²) in [5, 5.41) is 11.0. The second-order valence-electron chi connectivity index (χ2n) is 6.16. The molecule has 0 bridgehead atoms. The Morgan fingerprint density at radius 3 is 2.92 bits per heavy atom. The third-order valence-electron chi connectivity index (χ3n) is 4.36. The molecular formula is C18H17BrN2O3S. The average molecular weight is 421 g/mol. The van der Waals surface area contributed by atoms with Gasteiger partial charge in [0.05, 0.1) is 18.3 Å². The molecular weight excluding hydrogens is 404 g/mol. The maximum atomic E-state index is 12.8. The predicted octanol–water partition coefficient (Wildman–Crippen LogP) is 3.15. The molecule has 0 spiro atoms. The van der Waals surface area contributed by atoms with Crippen LogP contribution in [0.4, 0.5) is 0 Å². The van der Waals surface area contributed by atoms with Gasteiger partial charge in [-0.25, -0.2) is 4.98 Å². The topological polar surface area (TPSA) is 64.4 Å². The zero-order chi connectivity index (χ0) is 17.4. The highest BCUT2D eigenvalue weighted by molar-refractivity contribution is 9.10. The maximum absolute atomic E-state index is 12.8. The smallest absolute Gasteiger partial charge is 0.262 e. The van der Waals surface area contributed by atoms with Crippen LogP contribution in [0.1, 0.15) is 16.9 Å². The van der Waals surface area contributed by atoms with Crippen molar-refractivity contribution in [2.45, 2.75) is 31.9 Å². The largest absolute Gasteiger partial charge is 0.491 e. The lowest BCUT2D eigenvalue weighted by Crippen LogP contribution is -2.30. The van der Waals surface area contributed by atoms with E-state index in [1.54, 1.807) is 11.3 Å². The fourth-order valence-electron chi connectivity index (χ4n) is 3.15. The van der Waals surface area contributed by atoms with Crippen LogP contribution < -0.4 is 10.3 Å². The van der Waals surface area contributed by atoms with Gasteiger partial charge in [0.15, 0.2) is 0 Å². The first kappa shape index (κ1) is 16.8. The summed E-state index contributed by atoms with van der Waals surface area (Å²) >= 11 is 4.99. The van der Waals surface area contributed by atoms with Crippen LogP contribution in [0.2, 0.25) is 0 Å². The molecule has 130 valence electrons. The first-order chi connectivity index (χ1) is 12.1. The zero-order valence-corrected chi connectivity index (χ0v) is 15.8. The molecule has 0 saturated carbocycles. The van der Waals surface area contributed by atoms with E-state index in [0.717, 1.165) is 39.5 Å². The fourth-order valence-corrected chi connectivity index (χ4v) is 4.64. The monoisotopic (exact) mass is 420 g/mol. The lowest BCUT2D eigenvalue weighted by Gasteiger charge is -2.14. The summed E-state index contributed by atoms with van der Waals surface area (Å²) < 4.78 is 8.03. The van der Waals surface area contributed by atoms with Crippen molar-refractivity contribution < 1.29 is 9.84 Å². The van der Waals surface area contributed by atoms with E-state index < -0.39 is 6.10 Å². The number of aliphatic hydroxyl groups excluding tert-OH is 1. The van der Waals surface area contributed by atoms with Gasteiger partial charge in [-0.15, -0.1) is 11.3 Å². The first-order valence-electron chi connectivity index (χ1n) is 8.18. The Kier molecular flexibility index (Phi) is 4.62. The highest BCUT2D eigenvalue weighted by Gasteiger charge is 2.21. The Morgan fingerprint density at radius 1 is 1.32 bits per heavy atom. The SMILES string of the molecule is O=c1c2c3c(sc2ncn1C[C@@H](O)COc1ccc(Br)cc1)CCC3. The van der Waals surface area contributed by atoms with Gasteiger partial charge >= 0.3 is 0 Å². The lowest BCUT2D eigenvalue weighted by atomic mass is 10.2. The van der Waals surface area contributed by atoms with Gasteiger partial charge in [0.25, 0.3) is 5.56 Å². The molecule has 25 heavy (non-hydrogen) atoms. The molecule has 5 nitrogen and oxygen atoms in total. The van der Waals surface area contributed by atoms with E-state index in [9.17, 15) is 9.90 Å². The molecule has 0 fully saturated rings. The standard InChI is InChI=1S/C18H17BrN2O3S/c19-11-4-6-13(7-5-11)24-9-12(22)8-21-10-20-17-16(18(21)23)14-2-1-3-15(14)25-17/h4-7,10,12,22H,1-3,8-9H2/t12-/m1/s1. The number of aromatic nitrogens is 2. The number of fused-ring (bicyclic) bond motifs is 3. The number of benzene rings is 1. The van der Waals surface area contributed by atoms with Crippen molar-refractivity contribution in [3.05, 3.63) is 55.9 Å². The summed E-state index contributed by atoms with van der Waals surface area (Å²) in [5.74, 6) is 0.679. The molecule has 3 aromatic rings. The summed E-state index contributed by atoms with van der Waals surface area (Å²) in [6.45, 7) is 0.288. The van der Waals surface area contributed by atoms with Crippen LogP contribution in [0.5, 0.6) is 5.75 Å². The van der Waals surface area contributed by atoms with Gasteiger partial charge < -0.3 is 9.84 Å². The molecule has 2 heterocycles. The summed E-state index contributed by atoms with van der Waals surface area (Å²) in [4.78, 5) is 19.3. The third kappa shape index (κ3) is 3.36. The Balaban J connectivity index is 1.49. The van der Waals surface area contributed by atoms with E-state index in [4.69, 9.17) is 4.74 Å². The number of hydrogen-bond donors (Lipinski definition) is 1. The summed E-state index contributed by atoms with van der Waals surface area (Å²) in [6.07, 6.45) is 3.84. The first-order valence-corrected chi connectivity index (χ1v) is 9.79. The third-order valence-corrected chi connectivity index (χ3v) is 6.08. The van der Waals surface area contributed by atoms with Gasteiger partial charge in [-0.3, -0.25) is 9.36 Å². The molecule has 2 aromatic heterocycles. The molecule has 1 N–H and O–H groups in total. The molecule has 1 aliphatic rings. The van der Waals surface area contributed by atoms with Gasteiger partial charge in [-0.2, -0.15) is 0 Å². The van der Waals surface area contributed by atoms with Gasteiger partial charge in [0, 0.05) is 9.35 Å². The van der Waals surface area contributed by atoms with Crippen LogP contribution in [-0.2, 0) is 19.4 Å². The molecule has 1 atom stereocenters. The van der Waals surface area contributed by atoms with E-state index in [0.29, 0.717) is 5.75 Å². The van der Waals surface area contributed by atoms with Crippen molar-refractivity contribution in [3.63, 3.8) is 0 Å². The second-order valence-corrected chi connectivity index (χ2v) is 8.16. The van der Waals surface area contributed by atoms with Crippen molar-refractivity contribution in [3.8, 4) is 5.75 Å². The average Bonchev–Trinajstić information content (AvgIpc) is 3.18. The van der Waals surface area contributed by atoms with Gasteiger partial charge in [0.1, 0.15) is 23.3 Å². The van der Waals surface area contributed by atoms with E-state index in [2.05, 4.69) is 20.9 Å². The minimum atomic E-state index is -0.785. The second kappa shape index (κ2) is 6.90. The van der Waals surface area contributed by atoms with E-state index in [1.807, 2.05) is 24.3 Å². The minimum absolute atomic E-state index is 0.0629. The van der Waals surface area contributed by atoms with Crippen molar-refractivity contribution in [2.24, 2.45) is 0 Å². The number of nitrogens with zero attached hydrogens (tertiary/aromatic N) is 2. The minimum Gasteiger partial charge on any atom is -0.491 e. The lowest BCUT2D eigenvalue weighted by molar-refractivity contribution is 0.0915. The molecule has 0 saturated heterocycles. The number of aliphatic hydroxyl groups is 1. The summed E-state index contributed by atoms with van der Waals surface area (Å²) in [6, 6.07) is 7.40. The number of aryl methyl sites for hydroxylation is 2. The van der Waals surface area contributed by atoms with Crippen LogP contribution in [0.15, 0.2) is 39.9 Å². The molecule has 7 heteroatoms. The van der Waals surface area contributed by atoms with E-state index >= 15 is 0 Å². The van der Waals surface area contributed by atoms with Gasteiger partial charge in [-0.1, -0.05) is 15.9 Å². The van der Waals surface area contributed by atoms with Crippen molar-refractivity contribution in [1.82, 2.24) is 9.55 Å². The van der Waals surface area contributed by atoms with Crippen LogP contribution in [-0.4, -0.2) is 27.4 Å². The molecule has 0 aliphatic heterocycles. The van der Waals surface area contributed by atoms with Crippen LogP contribution >= 0.6 is 27.3 Å². The zero-order valence-electron chi connectivity index (χ0n) is 13.4. The van der Waals surface area contributed by atoms with E-state index in [1.165, 1.54) is 15.8 Å². The van der Waals surface area contributed by atoms with Crippen LogP contribution in [0.3, 0.4) is 0 Å². The number of halogens is 1. The Hall–Kier alpha value is -1.70. The quantitative estimate of drug-likeness (QED) is 0.688. The Morgan fingerprint density at radius 2 is 2.12 bits per heavy atom. The molecule has 1 aliphatic carbocycles. The molecule has 0 unspecified atom stereocenters. The Bertz CT molecular complexity index is 965. The molecule has 4 rings (SSSR count). The molecule has 0 radical (unpaired) electrons. The highest BCUT2D eigenvalue weighted by atomic mass is 79.9. The fraction of sp³-hybridized carbons (Fsp3) is 0.333. The molecule has 1 aromatic carbocycles. The predicted molar refractivity (Wildman–Crippen MR) is 102 cm³/mol. The number of hydrogen-bond acceptors (Lipinski definition) is 5. The number of rotatable bonds is 5. The van der Waals surface area contributed by atoms with Crippen molar-refractivity contribution in [2.75, 3.05) is 6.61 Å². The van der Waals surface area contributed by atoms with Crippen LogP contribution in [0, 0.1) is 0 Å². The molecule has 0 amide bonds. The van der Waals surface area contributed by atoms with Crippen LogP contribution in [0.25, 0.3) is 10.2 Å².